The van der Waals surface area contributed by atoms with Crippen LogP contribution in [0.15, 0.2) is 24.3 Å². The lowest BCUT2D eigenvalue weighted by Gasteiger charge is -2.42. The molecule has 2 aliphatic rings. The van der Waals surface area contributed by atoms with Crippen LogP contribution in [-0.4, -0.2) is 57.9 Å². The van der Waals surface area contributed by atoms with Crippen LogP contribution in [0.3, 0.4) is 0 Å². The maximum atomic E-state index is 12.6. The molecule has 1 aliphatic carbocycles. The quantitative estimate of drug-likeness (QED) is 0.428. The number of halogens is 1. The van der Waals surface area contributed by atoms with Crippen LogP contribution in [0.2, 0.25) is 0 Å². The number of hydrogen-bond acceptors (Lipinski definition) is 8. The number of hydrogen-bond donors (Lipinski definition) is 2. The molecule has 0 fully saturated rings. The first-order chi connectivity index (χ1) is 16.5. The van der Waals surface area contributed by atoms with E-state index in [1.165, 1.54) is 14.2 Å². The molecule has 0 bridgehead atoms. The van der Waals surface area contributed by atoms with Crippen LogP contribution in [0, 0.1) is 11.8 Å². The summed E-state index contributed by atoms with van der Waals surface area (Å²) in [7, 11) is 4.42. The fraction of sp³-hybridized carbons (Fsp3) is 0.417. The van der Waals surface area contributed by atoms with Crippen LogP contribution in [-0.2, 0) is 14.3 Å². The highest BCUT2D eigenvalue weighted by Gasteiger charge is 2.45. The number of carbonyl (C=O) groups is 2. The van der Waals surface area contributed by atoms with Crippen LogP contribution in [0.4, 0.5) is 0 Å². The summed E-state index contributed by atoms with van der Waals surface area (Å²) >= 11 is 5.78. The number of fused-ring (bicyclic) bond motifs is 2. The van der Waals surface area contributed by atoms with Crippen LogP contribution in [0.1, 0.15) is 28.7 Å². The first-order valence-electron chi connectivity index (χ1n) is 10.6. The van der Waals surface area contributed by atoms with E-state index in [1.54, 1.807) is 19.2 Å². The fourth-order valence-electron chi connectivity index (χ4n) is 4.89. The molecule has 0 aromatic heterocycles. The molecule has 2 aromatic rings. The standard InChI is InChI=1S/C24H26ClNO8/c1-30-10-16-15(9-27)22(12-4-19(31-2)24(29)20(5-12)32-3)13-6-17-18(34-11-33-17)7-14(13)23(16)26-21(28)8-25/h4-7,9,15-16,22-23,29H,8,10-11H2,1-3H3,(H,26,28)/t15?,16-,22?,23+/m0/s1. The van der Waals surface area contributed by atoms with E-state index < -0.39 is 23.8 Å². The molecule has 182 valence electrons. The van der Waals surface area contributed by atoms with E-state index in [9.17, 15) is 14.7 Å². The summed E-state index contributed by atoms with van der Waals surface area (Å²) in [5, 5.41) is 13.4. The second-order valence-corrected chi connectivity index (χ2v) is 8.36. The van der Waals surface area contributed by atoms with Gasteiger partial charge in [0.25, 0.3) is 0 Å². The number of carbonyl (C=O) groups excluding carboxylic acids is 2. The molecule has 0 radical (unpaired) electrons. The van der Waals surface area contributed by atoms with Gasteiger partial charge in [0.1, 0.15) is 12.2 Å². The highest BCUT2D eigenvalue weighted by molar-refractivity contribution is 6.27. The fourth-order valence-corrected chi connectivity index (χ4v) is 4.97. The number of nitrogens with one attached hydrogen (secondary N) is 1. The van der Waals surface area contributed by atoms with E-state index in [-0.39, 0.29) is 42.4 Å². The van der Waals surface area contributed by atoms with Crippen molar-refractivity contribution in [3.05, 3.63) is 41.0 Å². The highest BCUT2D eigenvalue weighted by Crippen LogP contribution is 2.53. The summed E-state index contributed by atoms with van der Waals surface area (Å²) < 4.78 is 27.4. The topological polar surface area (TPSA) is 113 Å². The monoisotopic (exact) mass is 491 g/mol. The van der Waals surface area contributed by atoms with E-state index in [0.717, 1.165) is 17.4 Å². The van der Waals surface area contributed by atoms with Crippen molar-refractivity contribution >= 4 is 23.8 Å². The van der Waals surface area contributed by atoms with Crippen LogP contribution in [0.5, 0.6) is 28.7 Å². The van der Waals surface area contributed by atoms with Gasteiger partial charge in [-0.05, 0) is 41.0 Å². The van der Waals surface area contributed by atoms with E-state index in [1.807, 2.05) is 12.1 Å². The Kier molecular flexibility index (Phi) is 7.04. The number of rotatable bonds is 8. The predicted octanol–water partition coefficient (Wildman–Crippen LogP) is 2.76. The van der Waals surface area contributed by atoms with Gasteiger partial charge in [-0.2, -0.15) is 0 Å². The van der Waals surface area contributed by atoms with Gasteiger partial charge in [-0.1, -0.05) is 0 Å². The number of phenols is 1. The van der Waals surface area contributed by atoms with Gasteiger partial charge in [0, 0.05) is 24.9 Å². The summed E-state index contributed by atoms with van der Waals surface area (Å²) in [6.07, 6.45) is 0.869. The summed E-state index contributed by atoms with van der Waals surface area (Å²) in [4.78, 5) is 24.9. The van der Waals surface area contributed by atoms with Crippen molar-refractivity contribution < 1.29 is 38.4 Å². The van der Waals surface area contributed by atoms with Crippen LogP contribution >= 0.6 is 11.6 Å². The molecule has 4 rings (SSSR count). The molecule has 1 aliphatic heterocycles. The minimum Gasteiger partial charge on any atom is -0.502 e. The molecule has 4 atom stereocenters. The third-order valence-corrected chi connectivity index (χ3v) is 6.61. The first-order valence-corrected chi connectivity index (χ1v) is 11.2. The highest BCUT2D eigenvalue weighted by atomic mass is 35.5. The van der Waals surface area contributed by atoms with Crippen molar-refractivity contribution in [1.82, 2.24) is 5.32 Å². The summed E-state index contributed by atoms with van der Waals surface area (Å²) in [5.41, 5.74) is 2.22. The molecule has 2 N–H and O–H groups in total. The number of ether oxygens (including phenoxy) is 5. The zero-order chi connectivity index (χ0) is 24.4. The molecule has 0 saturated carbocycles. The number of amides is 1. The maximum Gasteiger partial charge on any atom is 0.235 e. The Bertz CT molecular complexity index is 1070. The Morgan fingerprint density at radius 3 is 2.26 bits per heavy atom. The average Bonchev–Trinajstić information content (AvgIpc) is 3.31. The minimum absolute atomic E-state index is 0.0705. The largest absolute Gasteiger partial charge is 0.502 e. The molecular weight excluding hydrogens is 466 g/mol. The molecule has 0 saturated heterocycles. The number of methoxy groups -OCH3 is 3. The lowest BCUT2D eigenvalue weighted by molar-refractivity contribution is -0.122. The van der Waals surface area contributed by atoms with E-state index >= 15 is 0 Å². The Morgan fingerprint density at radius 2 is 1.74 bits per heavy atom. The Balaban J connectivity index is 1.97. The van der Waals surface area contributed by atoms with Crippen molar-refractivity contribution in [2.45, 2.75) is 12.0 Å². The molecule has 0 spiro atoms. The minimum atomic E-state index is -0.604. The number of aldehydes is 1. The summed E-state index contributed by atoms with van der Waals surface area (Å²) in [5.74, 6) is -0.726. The zero-order valence-electron chi connectivity index (χ0n) is 19.0. The van der Waals surface area contributed by atoms with Crippen molar-refractivity contribution in [2.24, 2.45) is 11.8 Å². The van der Waals surface area contributed by atoms with Gasteiger partial charge in [-0.25, -0.2) is 0 Å². The second kappa shape index (κ2) is 9.99. The molecule has 1 amide bonds. The van der Waals surface area contributed by atoms with Gasteiger partial charge in [-0.3, -0.25) is 4.79 Å². The van der Waals surface area contributed by atoms with Crippen molar-refractivity contribution in [1.29, 1.82) is 0 Å². The van der Waals surface area contributed by atoms with E-state index in [2.05, 4.69) is 5.32 Å². The predicted molar refractivity (Wildman–Crippen MR) is 122 cm³/mol. The van der Waals surface area contributed by atoms with Gasteiger partial charge >= 0.3 is 0 Å². The van der Waals surface area contributed by atoms with Crippen molar-refractivity contribution in [3.63, 3.8) is 0 Å². The lowest BCUT2D eigenvalue weighted by Crippen LogP contribution is -2.45. The molecule has 2 unspecified atom stereocenters. The number of alkyl halides is 1. The third-order valence-electron chi connectivity index (χ3n) is 6.37. The van der Waals surface area contributed by atoms with E-state index in [0.29, 0.717) is 17.1 Å². The van der Waals surface area contributed by atoms with Gasteiger partial charge in [0.2, 0.25) is 18.4 Å². The average molecular weight is 492 g/mol. The Morgan fingerprint density at radius 1 is 1.12 bits per heavy atom. The first kappa shape index (κ1) is 24.0. The molecule has 9 nitrogen and oxygen atoms in total. The summed E-state index contributed by atoms with van der Waals surface area (Å²) in [6, 6.07) is 6.45. The number of phenolic OH excluding ortho intramolecular Hbond substituents is 1. The maximum absolute atomic E-state index is 12.6. The smallest absolute Gasteiger partial charge is 0.235 e. The number of aromatic hydroxyl groups is 1. The molecule has 10 heteroatoms. The van der Waals surface area contributed by atoms with Gasteiger partial charge < -0.3 is 38.9 Å². The van der Waals surface area contributed by atoms with Crippen LogP contribution in [0.25, 0.3) is 0 Å². The van der Waals surface area contributed by atoms with Gasteiger partial charge in [0.15, 0.2) is 23.0 Å². The van der Waals surface area contributed by atoms with Crippen LogP contribution < -0.4 is 24.3 Å². The van der Waals surface area contributed by atoms with Gasteiger partial charge in [-0.15, -0.1) is 11.6 Å². The van der Waals surface area contributed by atoms with Crippen molar-refractivity contribution in [3.8, 4) is 28.7 Å². The van der Waals surface area contributed by atoms with E-state index in [4.69, 9.17) is 35.3 Å². The van der Waals surface area contributed by atoms with Crippen molar-refractivity contribution in [2.75, 3.05) is 40.6 Å². The third kappa shape index (κ3) is 4.10. The second-order valence-electron chi connectivity index (χ2n) is 8.10. The SMILES string of the molecule is COC[C@H]1C(C=O)C(c2cc(OC)c(O)c(OC)c2)c2cc3c(cc2[C@H]1NC(=O)CCl)OCO3. The molecular formula is C24H26ClNO8. The Hall–Kier alpha value is -3.17. The number of benzene rings is 2. The molecule has 2 aromatic carbocycles. The molecule has 1 heterocycles. The lowest BCUT2D eigenvalue weighted by atomic mass is 9.64. The Labute approximate surface area is 201 Å². The zero-order valence-corrected chi connectivity index (χ0v) is 19.8. The summed E-state index contributed by atoms with van der Waals surface area (Å²) in [6.45, 7) is 0.272. The molecule has 34 heavy (non-hydrogen) atoms. The van der Waals surface area contributed by atoms with Gasteiger partial charge in [0.05, 0.1) is 26.9 Å². The normalized spacial score (nSPS) is 22.6.